The molecule has 0 saturated heterocycles. The molecule has 0 N–H and O–H groups in total. The summed E-state index contributed by atoms with van der Waals surface area (Å²) < 4.78 is 13.2. The van der Waals surface area contributed by atoms with Gasteiger partial charge in [0.2, 0.25) is 0 Å². The molecule has 1 aromatic carbocycles. The minimum absolute atomic E-state index is 0. The van der Waals surface area contributed by atoms with Gasteiger partial charge in [-0.2, -0.15) is 0 Å². The molecule has 3 heterocycles. The summed E-state index contributed by atoms with van der Waals surface area (Å²) in [6.45, 7) is 1.14. The molecule has 0 spiro atoms. The number of nitrogens with zero attached hydrogens (tertiary/aromatic N) is 5. The van der Waals surface area contributed by atoms with Crippen molar-refractivity contribution in [3.63, 3.8) is 0 Å². The fraction of sp³-hybridized carbons (Fsp3) is 0.0588. The standard InChI is InChI=1S/C17H14N5O2PS.K/c1-25(23,24)17-19-10-11-22(17)14-7-8-15(21-20-14)26-13-6-2-4-12-5-3-9-18-16(12)13;/h2-11H,1H3,(H,23,24);/p-1. The number of hydrogen-bond acceptors (Lipinski definition) is 7. The van der Waals surface area contributed by atoms with Gasteiger partial charge in [-0.05, 0) is 30.9 Å². The number of para-hydroxylation sites is 1. The van der Waals surface area contributed by atoms with E-state index in [1.54, 1.807) is 24.5 Å². The van der Waals surface area contributed by atoms with Gasteiger partial charge in [0, 0.05) is 80.3 Å². The number of aromatic nitrogens is 5. The van der Waals surface area contributed by atoms with E-state index in [-0.39, 0.29) is 57.0 Å². The zero-order chi connectivity index (χ0) is 18.1. The Bertz CT molecular complexity index is 1120. The molecule has 1 atom stereocenters. The van der Waals surface area contributed by atoms with Crippen LogP contribution in [0.25, 0.3) is 16.7 Å². The summed E-state index contributed by atoms with van der Waals surface area (Å²) in [5.41, 5.74) is 0.867. The Balaban J connectivity index is 0.00000210. The first kappa shape index (κ1) is 20.8. The maximum Gasteiger partial charge on any atom is 0.161 e. The van der Waals surface area contributed by atoms with E-state index in [9.17, 15) is 9.46 Å². The summed E-state index contributed by atoms with van der Waals surface area (Å²) >= 11 is 1.46. The Morgan fingerprint density at radius 2 is 1.85 bits per heavy atom. The van der Waals surface area contributed by atoms with E-state index in [0.717, 1.165) is 22.5 Å². The number of rotatable bonds is 4. The molecule has 1 unspecified atom stereocenters. The average molecular weight is 421 g/mol. The predicted octanol–water partition coefficient (Wildman–Crippen LogP) is 1.87. The van der Waals surface area contributed by atoms with Crippen LogP contribution in [0.1, 0.15) is 0 Å². The quantitative estimate of drug-likeness (QED) is 0.367. The Hall–Kier alpha value is -0.904. The largest absolute Gasteiger partial charge is 0.794 e. The van der Waals surface area contributed by atoms with Crippen molar-refractivity contribution in [2.45, 2.75) is 9.92 Å². The second kappa shape index (κ2) is 8.63. The summed E-state index contributed by atoms with van der Waals surface area (Å²) in [6, 6.07) is 13.4. The van der Waals surface area contributed by atoms with Gasteiger partial charge >= 0.3 is 0 Å². The van der Waals surface area contributed by atoms with Crippen LogP contribution in [-0.4, -0.2) is 82.8 Å². The van der Waals surface area contributed by atoms with Gasteiger partial charge in [0.1, 0.15) is 5.03 Å². The minimum Gasteiger partial charge on any atom is -0.794 e. The zero-order valence-corrected chi connectivity index (χ0v) is 19.5. The molecule has 7 nitrogen and oxygen atoms in total. The van der Waals surface area contributed by atoms with Crippen LogP contribution in [0.3, 0.4) is 0 Å². The van der Waals surface area contributed by atoms with Gasteiger partial charge in [0.15, 0.2) is 11.4 Å². The first-order chi connectivity index (χ1) is 12.5. The van der Waals surface area contributed by atoms with E-state index in [0.29, 0.717) is 10.8 Å². The van der Waals surface area contributed by atoms with E-state index in [1.165, 1.54) is 22.5 Å². The zero-order valence-electron chi connectivity index (χ0n) is 14.7. The van der Waals surface area contributed by atoms with Crippen molar-refractivity contribution in [3.05, 3.63) is 61.1 Å². The fourth-order valence-electron chi connectivity index (χ4n) is 2.54. The summed E-state index contributed by atoms with van der Waals surface area (Å²) in [7, 11) is -3.75. The van der Waals surface area contributed by atoms with Gasteiger partial charge in [-0.1, -0.05) is 30.0 Å². The number of imidazole rings is 1. The van der Waals surface area contributed by atoms with Crippen LogP contribution in [0, 0.1) is 0 Å². The van der Waals surface area contributed by atoms with Gasteiger partial charge in [-0.25, -0.2) is 4.98 Å². The first-order valence-electron chi connectivity index (χ1n) is 7.70. The number of pyridine rings is 1. The monoisotopic (exact) mass is 421 g/mol. The second-order valence-electron chi connectivity index (χ2n) is 5.61. The Labute approximate surface area is 202 Å². The molecule has 4 rings (SSSR count). The van der Waals surface area contributed by atoms with Gasteiger partial charge in [-0.3, -0.25) is 9.55 Å². The van der Waals surface area contributed by atoms with Crippen molar-refractivity contribution in [2.24, 2.45) is 0 Å². The third-order valence-corrected chi connectivity index (χ3v) is 5.70. The summed E-state index contributed by atoms with van der Waals surface area (Å²) in [5, 5.41) is 10.1. The molecule has 10 heteroatoms. The number of benzene rings is 1. The smallest absolute Gasteiger partial charge is 0.161 e. The van der Waals surface area contributed by atoms with Gasteiger partial charge in [0.25, 0.3) is 0 Å². The van der Waals surface area contributed by atoms with Gasteiger partial charge in [-0.15, -0.1) is 10.2 Å². The molecule has 4 aromatic rings. The molecule has 0 saturated carbocycles. The van der Waals surface area contributed by atoms with E-state index in [2.05, 4.69) is 20.2 Å². The van der Waals surface area contributed by atoms with Crippen molar-refractivity contribution >= 4 is 87.0 Å². The normalized spacial score (nSPS) is 13.1. The van der Waals surface area contributed by atoms with Crippen LogP contribution in [0.4, 0.5) is 0 Å². The molecular formula is C17H13KN5O2PS-. The Morgan fingerprint density at radius 3 is 2.59 bits per heavy atom. The number of hydrogen-bond donors (Lipinski definition) is 0. The van der Waals surface area contributed by atoms with E-state index < -0.39 is 7.37 Å². The topological polar surface area (TPSA) is 96.6 Å². The molecule has 0 aliphatic heterocycles. The summed E-state index contributed by atoms with van der Waals surface area (Å²) in [4.78, 5) is 21.1. The van der Waals surface area contributed by atoms with E-state index in [4.69, 9.17) is 0 Å². The average Bonchev–Trinajstić information content (AvgIpc) is 3.13. The van der Waals surface area contributed by atoms with Crippen molar-refractivity contribution < 1.29 is 9.46 Å². The maximum absolute atomic E-state index is 11.8. The van der Waals surface area contributed by atoms with Crippen LogP contribution in [0.15, 0.2) is 71.0 Å². The van der Waals surface area contributed by atoms with Crippen LogP contribution >= 0.6 is 19.1 Å². The number of fused-ring (bicyclic) bond motifs is 1. The minimum atomic E-state index is -3.75. The van der Waals surface area contributed by atoms with Crippen LogP contribution < -0.4 is 10.5 Å². The van der Waals surface area contributed by atoms with Gasteiger partial charge < -0.3 is 9.46 Å². The molecular weight excluding hydrogens is 408 g/mol. The Morgan fingerprint density at radius 1 is 1.04 bits per heavy atom. The van der Waals surface area contributed by atoms with E-state index >= 15 is 0 Å². The third-order valence-electron chi connectivity index (χ3n) is 3.67. The Kier molecular flexibility index (Phi) is 6.65. The maximum atomic E-state index is 11.8. The van der Waals surface area contributed by atoms with Crippen LogP contribution in [0.2, 0.25) is 0 Å². The van der Waals surface area contributed by atoms with Crippen LogP contribution in [-0.2, 0) is 4.57 Å². The molecule has 0 fully saturated rings. The summed E-state index contributed by atoms with van der Waals surface area (Å²) in [6.07, 6.45) is 4.73. The van der Waals surface area contributed by atoms with Crippen LogP contribution in [0.5, 0.6) is 0 Å². The van der Waals surface area contributed by atoms with Crippen molar-refractivity contribution in [3.8, 4) is 5.82 Å². The van der Waals surface area contributed by atoms with Crippen molar-refractivity contribution in [2.75, 3.05) is 6.66 Å². The molecule has 3 aromatic heterocycles. The fourth-order valence-corrected chi connectivity index (χ4v) is 4.24. The van der Waals surface area contributed by atoms with Crippen molar-refractivity contribution in [1.29, 1.82) is 0 Å². The molecule has 0 bridgehead atoms. The SMILES string of the molecule is CP(=O)([O-])c1nccn1-c1ccc(Sc2cccc3cccnc23)nn1.[K]. The molecule has 0 aliphatic carbocycles. The molecule has 0 amide bonds. The molecule has 1 radical (unpaired) electrons. The van der Waals surface area contributed by atoms with Gasteiger partial charge in [0.05, 0.1) is 12.9 Å². The first-order valence-corrected chi connectivity index (χ1v) is 10.6. The van der Waals surface area contributed by atoms with E-state index in [1.807, 2.05) is 30.3 Å². The summed E-state index contributed by atoms with van der Waals surface area (Å²) in [5.74, 6) is 0.399. The predicted molar refractivity (Wildman–Crippen MR) is 104 cm³/mol. The van der Waals surface area contributed by atoms with Crippen molar-refractivity contribution in [1.82, 2.24) is 24.7 Å². The third kappa shape index (κ3) is 4.57. The molecule has 27 heavy (non-hydrogen) atoms. The molecule has 131 valence electrons. The second-order valence-corrected chi connectivity index (χ2v) is 8.76. The molecule has 0 aliphatic rings.